The van der Waals surface area contributed by atoms with E-state index in [0.717, 1.165) is 18.8 Å². The molecule has 2 aromatic rings. The van der Waals surface area contributed by atoms with E-state index in [-0.39, 0.29) is 27.4 Å². The Kier molecular flexibility index (Phi) is 8.13. The fourth-order valence-corrected chi connectivity index (χ4v) is 4.02. The summed E-state index contributed by atoms with van der Waals surface area (Å²) in [5, 5.41) is 0.0681. The van der Waals surface area contributed by atoms with Crippen molar-refractivity contribution in [2.45, 2.75) is 11.1 Å². The Labute approximate surface area is 195 Å². The largest absolute Gasteiger partial charge is 0.500 e. The Balaban J connectivity index is 2.53. The number of benzene rings is 1. The van der Waals surface area contributed by atoms with Crippen LogP contribution in [-0.2, 0) is 22.8 Å². The van der Waals surface area contributed by atoms with Gasteiger partial charge in [-0.3, -0.25) is 14.2 Å². The van der Waals surface area contributed by atoms with Gasteiger partial charge in [-0.25, -0.2) is 9.36 Å². The van der Waals surface area contributed by atoms with Crippen LogP contribution in [0.15, 0.2) is 44.5 Å². The molecule has 1 aromatic carbocycles. The van der Waals surface area contributed by atoms with E-state index in [4.69, 9.17) is 27.9 Å². The molecule has 1 heterocycles. The first kappa shape index (κ1) is 25.9. The smallest absolute Gasteiger partial charge is 0.431 e. The Morgan fingerprint density at radius 3 is 2.34 bits per heavy atom. The van der Waals surface area contributed by atoms with Crippen LogP contribution in [0.3, 0.4) is 0 Å². The third kappa shape index (κ3) is 5.70. The van der Waals surface area contributed by atoms with Gasteiger partial charge in [-0.15, -0.1) is 11.8 Å². The van der Waals surface area contributed by atoms with E-state index in [1.54, 1.807) is 14.1 Å². The first-order valence-corrected chi connectivity index (χ1v) is 10.5. The number of aromatic nitrogens is 2. The Morgan fingerprint density at radius 2 is 1.81 bits per heavy atom. The van der Waals surface area contributed by atoms with Gasteiger partial charge in [-0.05, 0) is 12.1 Å². The lowest BCUT2D eigenvalue weighted by Gasteiger charge is -2.16. The number of methoxy groups -OCH3 is 1. The predicted molar refractivity (Wildman–Crippen MR) is 117 cm³/mol. The molecule has 1 amide bonds. The minimum atomic E-state index is -4.89. The predicted octanol–water partition coefficient (Wildman–Crippen LogP) is 3.57. The number of rotatable bonds is 6. The molecule has 0 fully saturated rings. The molecule has 0 spiro atoms. The number of nitrogens with zero attached hydrogens (tertiary/aromatic N) is 3. The van der Waals surface area contributed by atoms with Crippen LogP contribution in [0.5, 0.6) is 0 Å². The summed E-state index contributed by atoms with van der Waals surface area (Å²) in [5.41, 5.74) is -3.94. The monoisotopic (exact) mass is 511 g/mol. The summed E-state index contributed by atoms with van der Waals surface area (Å²) in [5.74, 6) is 0.186. The van der Waals surface area contributed by atoms with Crippen LogP contribution in [-0.4, -0.2) is 46.9 Å². The summed E-state index contributed by atoms with van der Waals surface area (Å²) in [6.45, 7) is 0. The number of ether oxygens (including phenoxy) is 1. The second-order valence-corrected chi connectivity index (χ2v) is 8.44. The summed E-state index contributed by atoms with van der Waals surface area (Å²) in [4.78, 5) is 38.5. The molecule has 0 N–H and O–H groups in total. The zero-order valence-corrected chi connectivity index (χ0v) is 19.6. The lowest BCUT2D eigenvalue weighted by molar-refractivity contribution is -0.144. The van der Waals surface area contributed by atoms with Crippen molar-refractivity contribution in [2.75, 3.05) is 27.0 Å². The minimum Gasteiger partial charge on any atom is -0.500 e. The van der Waals surface area contributed by atoms with E-state index in [0.29, 0.717) is 25.9 Å². The molecule has 1 aromatic heterocycles. The SMILES string of the molecule is CO/C(=C\C(=O)N(C)C)CSc1cc(-n2c(=O)cc(C(F)(F)F)n(C)c2=O)c(Cl)cc1Cl. The number of halogens is 5. The first-order chi connectivity index (χ1) is 14.8. The molecule has 0 saturated carbocycles. The molecule has 0 aliphatic carbocycles. The van der Waals surface area contributed by atoms with Gasteiger partial charge in [0.05, 0.1) is 28.6 Å². The Bertz CT molecular complexity index is 1190. The fourth-order valence-electron chi connectivity index (χ4n) is 2.49. The molecule has 174 valence electrons. The van der Waals surface area contributed by atoms with Crippen LogP contribution in [0.4, 0.5) is 13.2 Å². The van der Waals surface area contributed by atoms with Crippen LogP contribution in [0, 0.1) is 0 Å². The molecule has 0 unspecified atom stereocenters. The van der Waals surface area contributed by atoms with Gasteiger partial charge in [0.15, 0.2) is 0 Å². The minimum absolute atomic E-state index is 0.108. The van der Waals surface area contributed by atoms with Crippen LogP contribution in [0.2, 0.25) is 10.0 Å². The maximum atomic E-state index is 13.1. The number of alkyl halides is 3. The standard InChI is InChI=1S/C19H18Cl2F3N3O4S/c1-25(2)16(28)5-10(31-4)9-32-14-7-13(11(20)6-12(14)21)27-17(29)8-15(19(22,23)24)26(3)18(27)30/h5-8H,9H2,1-4H3/b10-5-. The van der Waals surface area contributed by atoms with Crippen molar-refractivity contribution in [1.29, 1.82) is 0 Å². The molecule has 0 aliphatic rings. The van der Waals surface area contributed by atoms with Gasteiger partial charge in [0.25, 0.3) is 5.56 Å². The molecule has 0 aliphatic heterocycles. The van der Waals surface area contributed by atoms with E-state index >= 15 is 0 Å². The van der Waals surface area contributed by atoms with Gasteiger partial charge in [-0.2, -0.15) is 13.2 Å². The van der Waals surface area contributed by atoms with Gasteiger partial charge < -0.3 is 9.64 Å². The number of likely N-dealkylation sites (N-methyl/N-ethyl adjacent to an activating group) is 1. The number of thioether (sulfide) groups is 1. The highest BCUT2D eigenvalue weighted by molar-refractivity contribution is 7.99. The normalized spacial score (nSPS) is 12.1. The molecule has 0 radical (unpaired) electrons. The quantitative estimate of drug-likeness (QED) is 0.336. The first-order valence-electron chi connectivity index (χ1n) is 8.76. The lowest BCUT2D eigenvalue weighted by atomic mass is 10.3. The zero-order valence-electron chi connectivity index (χ0n) is 17.3. The Hall–Kier alpha value is -2.37. The summed E-state index contributed by atoms with van der Waals surface area (Å²) >= 11 is 13.5. The lowest BCUT2D eigenvalue weighted by Crippen LogP contribution is -2.40. The second kappa shape index (κ2) is 10.1. The average molecular weight is 512 g/mol. The molecule has 2 rings (SSSR count). The van der Waals surface area contributed by atoms with Crippen molar-refractivity contribution in [1.82, 2.24) is 14.0 Å². The molecule has 0 bridgehead atoms. The third-order valence-corrected chi connectivity index (χ3v) is 6.02. The average Bonchev–Trinajstić information content (AvgIpc) is 2.69. The van der Waals surface area contributed by atoms with Crippen molar-refractivity contribution in [3.05, 3.63) is 66.6 Å². The zero-order chi connectivity index (χ0) is 24.4. The van der Waals surface area contributed by atoms with Gasteiger partial charge in [0, 0.05) is 38.2 Å². The van der Waals surface area contributed by atoms with Crippen LogP contribution >= 0.6 is 35.0 Å². The van der Waals surface area contributed by atoms with Gasteiger partial charge in [0.1, 0.15) is 11.5 Å². The van der Waals surface area contributed by atoms with Crippen molar-refractivity contribution in [3.63, 3.8) is 0 Å². The molecular weight excluding hydrogens is 494 g/mol. The van der Waals surface area contributed by atoms with E-state index in [1.165, 1.54) is 30.2 Å². The van der Waals surface area contributed by atoms with E-state index in [1.807, 2.05) is 0 Å². The fraction of sp³-hybridized carbons (Fsp3) is 0.316. The molecule has 13 heteroatoms. The van der Waals surface area contributed by atoms with Gasteiger partial charge in [0.2, 0.25) is 5.91 Å². The summed E-state index contributed by atoms with van der Waals surface area (Å²) in [6.07, 6.45) is -3.60. The summed E-state index contributed by atoms with van der Waals surface area (Å²) in [7, 11) is 5.43. The number of amides is 1. The van der Waals surface area contributed by atoms with E-state index in [2.05, 4.69) is 0 Å². The van der Waals surface area contributed by atoms with Crippen molar-refractivity contribution in [3.8, 4) is 5.69 Å². The topological polar surface area (TPSA) is 73.5 Å². The number of hydrogen-bond acceptors (Lipinski definition) is 5. The molecular formula is C19H18Cl2F3N3O4S. The Morgan fingerprint density at radius 1 is 1.19 bits per heavy atom. The number of hydrogen-bond donors (Lipinski definition) is 0. The van der Waals surface area contributed by atoms with E-state index < -0.39 is 23.1 Å². The third-order valence-electron chi connectivity index (χ3n) is 4.21. The summed E-state index contributed by atoms with van der Waals surface area (Å²) < 4.78 is 45.3. The molecule has 32 heavy (non-hydrogen) atoms. The highest BCUT2D eigenvalue weighted by Crippen LogP contribution is 2.34. The van der Waals surface area contributed by atoms with Crippen LogP contribution in [0.1, 0.15) is 5.69 Å². The molecule has 0 saturated heterocycles. The molecule has 0 atom stereocenters. The van der Waals surface area contributed by atoms with Gasteiger partial charge >= 0.3 is 11.9 Å². The highest BCUT2D eigenvalue weighted by Gasteiger charge is 2.35. The van der Waals surface area contributed by atoms with Crippen LogP contribution in [0.25, 0.3) is 5.69 Å². The number of carbonyl (C=O) groups is 1. The van der Waals surface area contributed by atoms with Crippen molar-refractivity contribution in [2.24, 2.45) is 7.05 Å². The van der Waals surface area contributed by atoms with Crippen molar-refractivity contribution < 1.29 is 22.7 Å². The maximum Gasteiger partial charge on any atom is 0.431 e. The van der Waals surface area contributed by atoms with E-state index in [9.17, 15) is 27.6 Å². The number of carbonyl (C=O) groups excluding carboxylic acids is 1. The van der Waals surface area contributed by atoms with Crippen molar-refractivity contribution >= 4 is 40.9 Å². The second-order valence-electron chi connectivity index (χ2n) is 6.61. The summed E-state index contributed by atoms with van der Waals surface area (Å²) in [6, 6.07) is 2.90. The maximum absolute atomic E-state index is 13.1. The van der Waals surface area contributed by atoms with Crippen LogP contribution < -0.4 is 11.2 Å². The molecule has 7 nitrogen and oxygen atoms in total. The van der Waals surface area contributed by atoms with Gasteiger partial charge in [-0.1, -0.05) is 23.2 Å². The highest BCUT2D eigenvalue weighted by atomic mass is 35.5.